The van der Waals surface area contributed by atoms with Crippen molar-refractivity contribution in [1.82, 2.24) is 9.29 Å². The first-order chi connectivity index (χ1) is 13.8. The number of rotatable bonds is 4. The van der Waals surface area contributed by atoms with Crippen molar-refractivity contribution in [3.8, 4) is 0 Å². The van der Waals surface area contributed by atoms with Crippen LogP contribution in [0.15, 0.2) is 53.4 Å². The van der Waals surface area contributed by atoms with Crippen molar-refractivity contribution < 1.29 is 12.8 Å². The Bertz CT molecular complexity index is 1160. The van der Waals surface area contributed by atoms with Gasteiger partial charge in [0, 0.05) is 23.7 Å². The molecule has 152 valence electrons. The van der Waals surface area contributed by atoms with Crippen LogP contribution in [0, 0.1) is 12.7 Å². The fraction of sp³-hybridized carbons (Fsp3) is 0.318. The first-order valence-corrected chi connectivity index (χ1v) is 11.2. The molecule has 1 saturated heterocycles. The molecule has 2 aromatic carbocycles. The summed E-state index contributed by atoms with van der Waals surface area (Å²) in [5.41, 5.74) is 1.87. The molecule has 1 aliphatic rings. The van der Waals surface area contributed by atoms with Gasteiger partial charge in [0.1, 0.15) is 11.6 Å². The van der Waals surface area contributed by atoms with Crippen molar-refractivity contribution in [3.63, 3.8) is 0 Å². The summed E-state index contributed by atoms with van der Waals surface area (Å²) >= 11 is 0. The summed E-state index contributed by atoms with van der Waals surface area (Å²) in [7, 11) is -3.52. The average molecular weight is 414 g/mol. The van der Waals surface area contributed by atoms with Crippen LogP contribution >= 0.6 is 0 Å². The van der Waals surface area contributed by atoms with E-state index in [0.29, 0.717) is 34.0 Å². The molecule has 0 saturated carbocycles. The van der Waals surface area contributed by atoms with Gasteiger partial charge in [-0.15, -0.1) is 0 Å². The highest BCUT2D eigenvalue weighted by atomic mass is 32.2. The minimum Gasteiger partial charge on any atom is -0.340 e. The van der Waals surface area contributed by atoms with Crippen molar-refractivity contribution in [2.75, 3.05) is 11.9 Å². The van der Waals surface area contributed by atoms with Gasteiger partial charge in [-0.05, 0) is 74.7 Å². The fourth-order valence-corrected chi connectivity index (χ4v) is 5.45. The van der Waals surface area contributed by atoms with Crippen molar-refractivity contribution in [1.29, 1.82) is 0 Å². The molecule has 0 radical (unpaired) electrons. The van der Waals surface area contributed by atoms with E-state index in [2.05, 4.69) is 10.3 Å². The third kappa shape index (κ3) is 3.97. The molecule has 0 unspecified atom stereocenters. The molecule has 3 aromatic rings. The number of nitrogens with one attached hydrogen (secondary N) is 1. The predicted octanol–water partition coefficient (Wildman–Crippen LogP) is 4.99. The summed E-state index contributed by atoms with van der Waals surface area (Å²) in [5.74, 6) is 0.290. The molecular formula is C22H24FN3O2S. The number of sulfonamides is 1. The molecule has 1 aromatic heterocycles. The summed E-state index contributed by atoms with van der Waals surface area (Å²) < 4.78 is 41.5. The molecule has 5 nitrogen and oxygen atoms in total. The van der Waals surface area contributed by atoms with Crippen LogP contribution in [0.1, 0.15) is 31.7 Å². The Kier molecular flexibility index (Phi) is 5.27. The Morgan fingerprint density at radius 2 is 1.93 bits per heavy atom. The maximum atomic E-state index is 13.8. The second-order valence-electron chi connectivity index (χ2n) is 7.60. The highest BCUT2D eigenvalue weighted by Gasteiger charge is 2.31. The van der Waals surface area contributed by atoms with E-state index in [0.717, 1.165) is 24.6 Å². The number of nitrogens with zero attached hydrogens (tertiary/aromatic N) is 2. The van der Waals surface area contributed by atoms with Crippen LogP contribution in [0.4, 0.5) is 15.9 Å². The van der Waals surface area contributed by atoms with Gasteiger partial charge in [0.05, 0.1) is 10.4 Å². The van der Waals surface area contributed by atoms with Gasteiger partial charge < -0.3 is 5.32 Å². The van der Waals surface area contributed by atoms with E-state index >= 15 is 0 Å². The van der Waals surface area contributed by atoms with Crippen LogP contribution < -0.4 is 5.32 Å². The maximum Gasteiger partial charge on any atom is 0.243 e. The molecule has 1 fully saturated rings. The van der Waals surface area contributed by atoms with E-state index in [9.17, 15) is 12.8 Å². The van der Waals surface area contributed by atoms with Gasteiger partial charge in [-0.2, -0.15) is 4.31 Å². The second-order valence-corrected chi connectivity index (χ2v) is 9.49. The number of hydrogen-bond acceptors (Lipinski definition) is 4. The highest BCUT2D eigenvalue weighted by molar-refractivity contribution is 7.89. The lowest BCUT2D eigenvalue weighted by molar-refractivity contribution is 0.268. The second kappa shape index (κ2) is 7.72. The largest absolute Gasteiger partial charge is 0.340 e. The van der Waals surface area contributed by atoms with Crippen LogP contribution in [-0.2, 0) is 10.0 Å². The molecule has 1 atom stereocenters. The molecule has 29 heavy (non-hydrogen) atoms. The highest BCUT2D eigenvalue weighted by Crippen LogP contribution is 2.28. The van der Waals surface area contributed by atoms with Gasteiger partial charge >= 0.3 is 0 Å². The molecule has 2 heterocycles. The molecule has 0 amide bonds. The van der Waals surface area contributed by atoms with E-state index in [-0.39, 0.29) is 11.9 Å². The molecule has 0 spiro atoms. The van der Waals surface area contributed by atoms with Gasteiger partial charge in [0.15, 0.2) is 0 Å². The topological polar surface area (TPSA) is 62.3 Å². The number of hydrogen-bond donors (Lipinski definition) is 1. The van der Waals surface area contributed by atoms with Gasteiger partial charge in [-0.1, -0.05) is 12.5 Å². The third-order valence-electron chi connectivity index (χ3n) is 5.45. The Morgan fingerprint density at radius 3 is 2.69 bits per heavy atom. The van der Waals surface area contributed by atoms with E-state index < -0.39 is 10.0 Å². The normalized spacial score (nSPS) is 18.1. The number of aryl methyl sites for hydroxylation is 1. The summed E-state index contributed by atoms with van der Waals surface area (Å²) in [5, 5.41) is 3.84. The van der Waals surface area contributed by atoms with E-state index in [1.807, 2.05) is 13.0 Å². The van der Waals surface area contributed by atoms with Crippen molar-refractivity contribution in [3.05, 3.63) is 59.9 Å². The number of piperidine rings is 1. The van der Waals surface area contributed by atoms with Crippen LogP contribution in [0.3, 0.4) is 0 Å². The molecule has 0 bridgehead atoms. The number of pyridine rings is 1. The number of anilines is 2. The molecular weight excluding hydrogens is 389 g/mol. The maximum absolute atomic E-state index is 13.8. The quantitative estimate of drug-likeness (QED) is 0.655. The molecule has 4 rings (SSSR count). The summed E-state index contributed by atoms with van der Waals surface area (Å²) in [6.07, 6.45) is 2.85. The monoisotopic (exact) mass is 413 g/mol. The Labute approximate surface area is 170 Å². The Morgan fingerprint density at radius 1 is 1.10 bits per heavy atom. The summed E-state index contributed by atoms with van der Waals surface area (Å²) in [6, 6.07) is 13.5. The third-order valence-corrected chi connectivity index (χ3v) is 7.46. The Hall–Kier alpha value is -2.51. The first kappa shape index (κ1) is 19.8. The van der Waals surface area contributed by atoms with Gasteiger partial charge in [-0.3, -0.25) is 0 Å². The number of aromatic nitrogens is 1. The Balaban J connectivity index is 1.62. The lowest BCUT2D eigenvalue weighted by Gasteiger charge is -2.32. The lowest BCUT2D eigenvalue weighted by Crippen LogP contribution is -2.41. The molecule has 1 N–H and O–H groups in total. The zero-order valence-corrected chi connectivity index (χ0v) is 17.3. The van der Waals surface area contributed by atoms with Crippen molar-refractivity contribution in [2.45, 2.75) is 44.0 Å². The number of halogens is 1. The molecule has 7 heteroatoms. The average Bonchev–Trinajstić information content (AvgIpc) is 2.70. The SMILES string of the molecule is Cc1ccc(Nc2ccc3cc(S(=O)(=O)N4CCCC[C@@H]4C)ccc3n2)cc1F. The zero-order valence-electron chi connectivity index (χ0n) is 16.5. The summed E-state index contributed by atoms with van der Waals surface area (Å²) in [4.78, 5) is 4.82. The van der Waals surface area contributed by atoms with Gasteiger partial charge in [-0.25, -0.2) is 17.8 Å². The molecule has 0 aliphatic carbocycles. The van der Waals surface area contributed by atoms with Crippen LogP contribution in [0.2, 0.25) is 0 Å². The standard InChI is InChI=1S/C22H24FN3O2S/c1-15-6-8-18(14-20(15)23)24-22-11-7-17-13-19(9-10-21(17)25-22)29(27,28)26-12-4-3-5-16(26)2/h6-11,13-14,16H,3-5,12H2,1-2H3,(H,24,25)/t16-/m0/s1. The molecule has 1 aliphatic heterocycles. The van der Waals surface area contributed by atoms with Gasteiger partial charge in [0.2, 0.25) is 10.0 Å². The first-order valence-electron chi connectivity index (χ1n) is 9.80. The van der Waals surface area contributed by atoms with Crippen molar-refractivity contribution in [2.24, 2.45) is 0 Å². The van der Waals surface area contributed by atoms with E-state index in [1.54, 1.807) is 47.6 Å². The lowest BCUT2D eigenvalue weighted by atomic mass is 10.1. The van der Waals surface area contributed by atoms with Crippen LogP contribution in [-0.4, -0.2) is 30.3 Å². The predicted molar refractivity (Wildman–Crippen MR) is 113 cm³/mol. The van der Waals surface area contributed by atoms with E-state index in [1.165, 1.54) is 6.07 Å². The van der Waals surface area contributed by atoms with Gasteiger partial charge in [0.25, 0.3) is 0 Å². The van der Waals surface area contributed by atoms with Crippen LogP contribution in [0.5, 0.6) is 0 Å². The van der Waals surface area contributed by atoms with Crippen molar-refractivity contribution >= 4 is 32.4 Å². The summed E-state index contributed by atoms with van der Waals surface area (Å²) in [6.45, 7) is 4.24. The minimum absolute atomic E-state index is 0.0176. The number of benzene rings is 2. The zero-order chi connectivity index (χ0) is 20.6. The fourth-order valence-electron chi connectivity index (χ4n) is 3.72. The van der Waals surface area contributed by atoms with Crippen LogP contribution in [0.25, 0.3) is 10.9 Å². The number of fused-ring (bicyclic) bond motifs is 1. The smallest absolute Gasteiger partial charge is 0.243 e. The van der Waals surface area contributed by atoms with E-state index in [4.69, 9.17) is 0 Å². The minimum atomic E-state index is -3.52.